The molecule has 0 saturated heterocycles. The van der Waals surface area contributed by atoms with Crippen LogP contribution in [0.3, 0.4) is 0 Å². The molecule has 0 amide bonds. The van der Waals surface area contributed by atoms with Gasteiger partial charge in [-0.05, 0) is 47.8 Å². The monoisotopic (exact) mass is 286 g/mol. The number of aliphatic hydroxyl groups is 1. The van der Waals surface area contributed by atoms with Gasteiger partial charge in [0.2, 0.25) is 0 Å². The average molecular weight is 286 g/mol. The van der Waals surface area contributed by atoms with Crippen LogP contribution < -0.4 is 0 Å². The van der Waals surface area contributed by atoms with Crippen LogP contribution in [0.4, 0.5) is 8.78 Å². The van der Waals surface area contributed by atoms with Crippen molar-refractivity contribution in [2.24, 2.45) is 11.8 Å². The lowest BCUT2D eigenvalue weighted by molar-refractivity contribution is 0.140. The van der Waals surface area contributed by atoms with Crippen LogP contribution in [-0.4, -0.2) is 5.11 Å². The van der Waals surface area contributed by atoms with E-state index in [0.29, 0.717) is 11.8 Å². The second-order valence-corrected chi connectivity index (χ2v) is 6.12. The molecule has 2 aromatic carbocycles. The molecule has 1 N–H and O–H groups in total. The van der Waals surface area contributed by atoms with Crippen molar-refractivity contribution >= 4 is 0 Å². The Labute approximate surface area is 122 Å². The number of halogens is 2. The zero-order valence-electron chi connectivity index (χ0n) is 11.5. The molecule has 0 heterocycles. The lowest BCUT2D eigenvalue weighted by Gasteiger charge is -2.13. The van der Waals surface area contributed by atoms with Crippen molar-refractivity contribution in [3.63, 3.8) is 0 Å². The van der Waals surface area contributed by atoms with Gasteiger partial charge in [-0.15, -0.1) is 0 Å². The highest BCUT2D eigenvalue weighted by atomic mass is 19.1. The maximum atomic E-state index is 13.9. The number of benzene rings is 2. The Kier molecular flexibility index (Phi) is 2.86. The molecule has 0 aromatic heterocycles. The van der Waals surface area contributed by atoms with Crippen molar-refractivity contribution in [3.05, 3.63) is 70.8 Å². The second-order valence-electron chi connectivity index (χ2n) is 6.12. The van der Waals surface area contributed by atoms with Gasteiger partial charge in [0, 0.05) is 11.6 Å². The topological polar surface area (TPSA) is 20.2 Å². The van der Waals surface area contributed by atoms with Gasteiger partial charge in [-0.2, -0.15) is 0 Å². The van der Waals surface area contributed by atoms with E-state index in [2.05, 4.69) is 12.1 Å². The van der Waals surface area contributed by atoms with E-state index in [1.54, 1.807) is 0 Å². The fourth-order valence-electron chi connectivity index (χ4n) is 4.00. The first-order valence-electron chi connectivity index (χ1n) is 7.37. The molecule has 0 bridgehead atoms. The lowest BCUT2D eigenvalue weighted by atomic mass is 9.92. The number of aryl methyl sites for hydroxylation is 1. The average Bonchev–Trinajstić information content (AvgIpc) is 3.21. The van der Waals surface area contributed by atoms with E-state index in [1.807, 2.05) is 12.1 Å². The molecule has 108 valence electrons. The van der Waals surface area contributed by atoms with Gasteiger partial charge in [0.1, 0.15) is 11.6 Å². The number of rotatable bonds is 2. The largest absolute Gasteiger partial charge is 0.388 e. The smallest absolute Gasteiger partial charge is 0.131 e. The van der Waals surface area contributed by atoms with Crippen LogP contribution in [0.25, 0.3) is 0 Å². The third-order valence-electron chi connectivity index (χ3n) is 5.04. The SMILES string of the molecule is OC(c1ccc(F)cc1F)C1C2CCc3ccccc3C21. The molecular formula is C18H16F2O. The van der Waals surface area contributed by atoms with Crippen LogP contribution in [0.5, 0.6) is 0 Å². The molecule has 2 aromatic rings. The molecular weight excluding hydrogens is 270 g/mol. The standard InChI is InChI=1S/C18H16F2O/c19-11-6-8-13(15(20)9-11)18(21)17-14-7-5-10-3-1-2-4-12(10)16(14)17/h1-4,6,8-9,14,16-18,21H,5,7H2. The van der Waals surface area contributed by atoms with Gasteiger partial charge in [-0.1, -0.05) is 30.3 Å². The molecule has 0 spiro atoms. The van der Waals surface area contributed by atoms with Crippen molar-refractivity contribution in [2.75, 3.05) is 0 Å². The van der Waals surface area contributed by atoms with Gasteiger partial charge in [0.05, 0.1) is 6.10 Å². The minimum absolute atomic E-state index is 0.0496. The van der Waals surface area contributed by atoms with Crippen molar-refractivity contribution < 1.29 is 13.9 Å². The number of hydrogen-bond acceptors (Lipinski definition) is 1. The summed E-state index contributed by atoms with van der Waals surface area (Å²) in [5.74, 6) is -0.483. The van der Waals surface area contributed by atoms with Crippen LogP contribution in [0.15, 0.2) is 42.5 Å². The van der Waals surface area contributed by atoms with Crippen molar-refractivity contribution in [3.8, 4) is 0 Å². The highest BCUT2D eigenvalue weighted by molar-refractivity contribution is 5.41. The first-order chi connectivity index (χ1) is 10.2. The highest BCUT2D eigenvalue weighted by Gasteiger charge is 2.56. The highest BCUT2D eigenvalue weighted by Crippen LogP contribution is 2.64. The molecule has 3 heteroatoms. The van der Waals surface area contributed by atoms with Crippen LogP contribution in [0.1, 0.15) is 35.1 Å². The van der Waals surface area contributed by atoms with Crippen LogP contribution in [0, 0.1) is 23.5 Å². The summed E-state index contributed by atoms with van der Waals surface area (Å²) in [6, 6.07) is 11.7. The summed E-state index contributed by atoms with van der Waals surface area (Å²) in [5, 5.41) is 10.5. The van der Waals surface area contributed by atoms with Crippen molar-refractivity contribution in [1.82, 2.24) is 0 Å². The molecule has 4 unspecified atom stereocenters. The lowest BCUT2D eigenvalue weighted by Crippen LogP contribution is -2.05. The molecule has 2 aliphatic rings. The first kappa shape index (κ1) is 13.0. The van der Waals surface area contributed by atoms with Gasteiger partial charge < -0.3 is 5.11 Å². The number of aliphatic hydroxyl groups excluding tert-OH is 1. The minimum Gasteiger partial charge on any atom is -0.388 e. The van der Waals surface area contributed by atoms with Crippen LogP contribution in [-0.2, 0) is 6.42 Å². The van der Waals surface area contributed by atoms with Crippen molar-refractivity contribution in [2.45, 2.75) is 24.9 Å². The number of fused-ring (bicyclic) bond motifs is 3. The van der Waals surface area contributed by atoms with Gasteiger partial charge >= 0.3 is 0 Å². The molecule has 4 rings (SSSR count). The summed E-state index contributed by atoms with van der Waals surface area (Å²) < 4.78 is 26.9. The summed E-state index contributed by atoms with van der Waals surface area (Å²) in [5.41, 5.74) is 2.85. The van der Waals surface area contributed by atoms with Gasteiger partial charge in [0.15, 0.2) is 0 Å². The Bertz CT molecular complexity index is 697. The second kappa shape index (κ2) is 4.63. The fraction of sp³-hybridized carbons (Fsp3) is 0.333. The van der Waals surface area contributed by atoms with Gasteiger partial charge in [-0.25, -0.2) is 8.78 Å². The van der Waals surface area contributed by atoms with Crippen molar-refractivity contribution in [1.29, 1.82) is 0 Å². The van der Waals surface area contributed by atoms with E-state index in [9.17, 15) is 13.9 Å². The van der Waals surface area contributed by atoms with Gasteiger partial charge in [-0.3, -0.25) is 0 Å². The zero-order valence-corrected chi connectivity index (χ0v) is 11.5. The predicted octanol–water partition coefficient (Wildman–Crippen LogP) is 3.97. The molecule has 0 aliphatic heterocycles. The third-order valence-corrected chi connectivity index (χ3v) is 5.04. The predicted molar refractivity (Wildman–Crippen MR) is 75.8 cm³/mol. The summed E-state index contributed by atoms with van der Waals surface area (Å²) in [7, 11) is 0. The summed E-state index contributed by atoms with van der Waals surface area (Å²) >= 11 is 0. The molecule has 4 atom stereocenters. The maximum absolute atomic E-state index is 13.9. The molecule has 0 radical (unpaired) electrons. The Morgan fingerprint density at radius 2 is 1.90 bits per heavy atom. The zero-order chi connectivity index (χ0) is 14.6. The van der Waals surface area contributed by atoms with E-state index in [-0.39, 0.29) is 11.5 Å². The Balaban J connectivity index is 1.65. The molecule has 1 saturated carbocycles. The maximum Gasteiger partial charge on any atom is 0.131 e. The third kappa shape index (κ3) is 1.99. The normalized spacial score (nSPS) is 27.7. The van der Waals surface area contributed by atoms with Crippen LogP contribution in [0.2, 0.25) is 0 Å². The fourth-order valence-corrected chi connectivity index (χ4v) is 4.00. The quantitative estimate of drug-likeness (QED) is 0.885. The molecule has 1 nitrogen and oxygen atoms in total. The summed E-state index contributed by atoms with van der Waals surface area (Å²) in [4.78, 5) is 0. The van der Waals surface area contributed by atoms with Crippen LogP contribution >= 0.6 is 0 Å². The first-order valence-corrected chi connectivity index (χ1v) is 7.37. The summed E-state index contributed by atoms with van der Waals surface area (Å²) in [6.45, 7) is 0. The number of hydrogen-bond donors (Lipinski definition) is 1. The Morgan fingerprint density at radius 3 is 2.71 bits per heavy atom. The van der Waals surface area contributed by atoms with E-state index in [4.69, 9.17) is 0 Å². The van der Waals surface area contributed by atoms with E-state index in [1.165, 1.54) is 23.3 Å². The Morgan fingerprint density at radius 1 is 1.10 bits per heavy atom. The minimum atomic E-state index is -0.855. The Hall–Kier alpha value is -1.74. The molecule has 2 aliphatic carbocycles. The van der Waals surface area contributed by atoms with E-state index in [0.717, 1.165) is 18.9 Å². The van der Waals surface area contributed by atoms with E-state index < -0.39 is 17.7 Å². The molecule has 1 fully saturated rings. The summed E-state index contributed by atoms with van der Waals surface area (Å²) in [6.07, 6.45) is 1.20. The molecule has 21 heavy (non-hydrogen) atoms. The van der Waals surface area contributed by atoms with Gasteiger partial charge in [0.25, 0.3) is 0 Å². The van der Waals surface area contributed by atoms with E-state index >= 15 is 0 Å².